The van der Waals surface area contributed by atoms with Gasteiger partial charge >= 0.3 is 0 Å². The van der Waals surface area contributed by atoms with Crippen LogP contribution < -0.4 is 16.4 Å². The van der Waals surface area contributed by atoms with E-state index in [0.29, 0.717) is 0 Å². The normalized spacial score (nSPS) is 25.0. The van der Waals surface area contributed by atoms with Crippen molar-refractivity contribution in [2.24, 2.45) is 11.7 Å². The molecule has 0 unspecified atom stereocenters. The first-order chi connectivity index (χ1) is 15.2. The molecule has 0 bridgehead atoms. The average Bonchev–Trinajstić information content (AvgIpc) is 3.11. The highest BCUT2D eigenvalue weighted by Gasteiger charge is 2.52. The highest BCUT2D eigenvalue weighted by atomic mass is 35.5. The van der Waals surface area contributed by atoms with E-state index in [1.165, 1.54) is 30.4 Å². The molecule has 1 aliphatic rings. The van der Waals surface area contributed by atoms with Crippen molar-refractivity contribution in [2.75, 3.05) is 25.6 Å². The van der Waals surface area contributed by atoms with E-state index < -0.39 is 53.6 Å². The smallest absolute Gasteiger partial charge is 0.237 e. The Morgan fingerprint density at radius 2 is 2.22 bits per heavy atom. The van der Waals surface area contributed by atoms with Gasteiger partial charge in [-0.1, -0.05) is 42.5 Å². The SMILES string of the molecule is C=C/C=C\C(=C(\F)CCl)[C@H]1[C@H](C(=O)NCC[C@H](O)CO)NC[C@]1(N)c1ccc(Cl)cc1F. The number of aliphatic hydroxyl groups excluding tert-OH is 2. The second-order valence-electron chi connectivity index (χ2n) is 7.51. The van der Waals surface area contributed by atoms with E-state index in [9.17, 15) is 18.7 Å². The number of aliphatic hydroxyl groups is 2. The molecule has 1 amide bonds. The van der Waals surface area contributed by atoms with Crippen LogP contribution in [-0.4, -0.2) is 53.8 Å². The molecule has 10 heteroatoms. The Bertz CT molecular complexity index is 897. The highest BCUT2D eigenvalue weighted by Crippen LogP contribution is 2.42. The van der Waals surface area contributed by atoms with Crippen LogP contribution in [0.2, 0.25) is 5.02 Å². The number of benzene rings is 1. The Balaban J connectivity index is 2.51. The quantitative estimate of drug-likeness (QED) is 0.256. The van der Waals surface area contributed by atoms with Crippen molar-refractivity contribution < 1.29 is 23.8 Å². The summed E-state index contributed by atoms with van der Waals surface area (Å²) in [5, 5.41) is 24.2. The summed E-state index contributed by atoms with van der Waals surface area (Å²) in [6, 6.07) is 2.96. The van der Waals surface area contributed by atoms with Crippen molar-refractivity contribution in [1.82, 2.24) is 10.6 Å². The number of carbonyl (C=O) groups is 1. The maximum absolute atomic E-state index is 14.9. The number of allylic oxidation sites excluding steroid dienone is 4. The molecule has 0 aromatic heterocycles. The molecule has 2 rings (SSSR count). The van der Waals surface area contributed by atoms with E-state index in [2.05, 4.69) is 17.2 Å². The molecule has 1 heterocycles. The number of nitrogens with two attached hydrogens (primary N) is 1. The molecular formula is C22H27Cl2F2N3O3. The van der Waals surface area contributed by atoms with Crippen molar-refractivity contribution in [3.8, 4) is 0 Å². The lowest BCUT2D eigenvalue weighted by Gasteiger charge is -2.34. The summed E-state index contributed by atoms with van der Waals surface area (Å²) in [6.45, 7) is 3.16. The average molecular weight is 490 g/mol. The lowest BCUT2D eigenvalue weighted by Crippen LogP contribution is -2.50. The maximum atomic E-state index is 14.9. The predicted octanol–water partition coefficient (Wildman–Crippen LogP) is 2.29. The first-order valence-electron chi connectivity index (χ1n) is 9.97. The second kappa shape index (κ2) is 11.9. The summed E-state index contributed by atoms with van der Waals surface area (Å²) < 4.78 is 29.8. The largest absolute Gasteiger partial charge is 0.394 e. The number of hydrogen-bond acceptors (Lipinski definition) is 5. The number of rotatable bonds is 10. The second-order valence-corrected chi connectivity index (χ2v) is 8.21. The summed E-state index contributed by atoms with van der Waals surface area (Å²) in [5.41, 5.74) is 5.26. The van der Waals surface area contributed by atoms with Gasteiger partial charge in [0.2, 0.25) is 5.91 Å². The molecule has 0 aliphatic carbocycles. The molecule has 176 valence electrons. The van der Waals surface area contributed by atoms with Crippen molar-refractivity contribution in [2.45, 2.75) is 24.1 Å². The lowest BCUT2D eigenvalue weighted by molar-refractivity contribution is -0.123. The zero-order valence-electron chi connectivity index (χ0n) is 17.3. The van der Waals surface area contributed by atoms with Gasteiger partial charge in [-0.15, -0.1) is 11.6 Å². The molecule has 1 fully saturated rings. The highest BCUT2D eigenvalue weighted by molar-refractivity contribution is 6.30. The van der Waals surface area contributed by atoms with Gasteiger partial charge in [-0.2, -0.15) is 0 Å². The monoisotopic (exact) mass is 489 g/mol. The van der Waals surface area contributed by atoms with Crippen LogP contribution >= 0.6 is 23.2 Å². The topological polar surface area (TPSA) is 108 Å². The number of carbonyl (C=O) groups excluding carboxylic acids is 1. The third-order valence-corrected chi connectivity index (χ3v) is 5.85. The van der Waals surface area contributed by atoms with Crippen molar-refractivity contribution >= 4 is 29.1 Å². The van der Waals surface area contributed by atoms with Gasteiger partial charge in [-0.25, -0.2) is 8.78 Å². The van der Waals surface area contributed by atoms with Crippen LogP contribution in [0.4, 0.5) is 8.78 Å². The summed E-state index contributed by atoms with van der Waals surface area (Å²) in [6.07, 6.45) is 3.45. The van der Waals surface area contributed by atoms with Gasteiger partial charge in [-0.05, 0) is 24.1 Å². The lowest BCUT2D eigenvalue weighted by atomic mass is 9.73. The predicted molar refractivity (Wildman–Crippen MR) is 121 cm³/mol. The Hall–Kier alpha value is -1.81. The van der Waals surface area contributed by atoms with Crippen LogP contribution in [-0.2, 0) is 10.3 Å². The minimum absolute atomic E-state index is 0.0332. The summed E-state index contributed by atoms with van der Waals surface area (Å²) in [4.78, 5) is 13.0. The van der Waals surface area contributed by atoms with Crippen molar-refractivity contribution in [3.63, 3.8) is 0 Å². The third-order valence-electron chi connectivity index (χ3n) is 5.38. The van der Waals surface area contributed by atoms with E-state index >= 15 is 0 Å². The number of nitrogens with one attached hydrogen (secondary N) is 2. The standard InChI is InChI=1S/C22H27Cl2F2N3O3/c1-2-3-4-15(18(26)10-23)19-20(21(32)28-8-7-14(31)11-30)29-12-22(19,27)16-6-5-13(24)9-17(16)25/h2-6,9,14,19-20,29-31H,1,7-8,10-12,27H2,(H,28,32)/b4-3-,18-15-/t14-,19-,20+,22-/m0/s1. The molecule has 4 atom stereocenters. The van der Waals surface area contributed by atoms with Crippen molar-refractivity contribution in [3.05, 3.63) is 70.8 Å². The van der Waals surface area contributed by atoms with Crippen LogP contribution in [0.15, 0.2) is 54.4 Å². The van der Waals surface area contributed by atoms with E-state index in [1.807, 2.05) is 0 Å². The molecular weight excluding hydrogens is 463 g/mol. The van der Waals surface area contributed by atoms with Crippen LogP contribution in [0.3, 0.4) is 0 Å². The van der Waals surface area contributed by atoms with Gasteiger partial charge in [0.15, 0.2) is 0 Å². The Labute approximate surface area is 195 Å². The van der Waals surface area contributed by atoms with Crippen LogP contribution in [0.25, 0.3) is 0 Å². The Morgan fingerprint density at radius 3 is 2.81 bits per heavy atom. The molecule has 0 radical (unpaired) electrons. The van der Waals surface area contributed by atoms with Gasteiger partial charge in [0.05, 0.1) is 30.2 Å². The number of alkyl halides is 1. The zero-order chi connectivity index (χ0) is 23.9. The van der Waals surface area contributed by atoms with E-state index in [4.69, 9.17) is 34.0 Å². The number of hydrogen-bond donors (Lipinski definition) is 5. The van der Waals surface area contributed by atoms with Crippen LogP contribution in [0.1, 0.15) is 12.0 Å². The van der Waals surface area contributed by atoms with Gasteiger partial charge in [-0.3, -0.25) is 4.79 Å². The van der Waals surface area contributed by atoms with E-state index in [-0.39, 0.29) is 35.7 Å². The molecule has 1 aromatic rings. The Morgan fingerprint density at radius 1 is 1.50 bits per heavy atom. The third kappa shape index (κ3) is 5.95. The molecule has 1 aromatic carbocycles. The molecule has 32 heavy (non-hydrogen) atoms. The van der Waals surface area contributed by atoms with Gasteiger partial charge in [0, 0.05) is 29.6 Å². The summed E-state index contributed by atoms with van der Waals surface area (Å²) in [7, 11) is 0. The van der Waals surface area contributed by atoms with E-state index in [0.717, 1.165) is 6.07 Å². The van der Waals surface area contributed by atoms with E-state index in [1.54, 1.807) is 0 Å². The fraction of sp³-hybridized carbons (Fsp3) is 0.409. The fourth-order valence-corrected chi connectivity index (χ4v) is 4.12. The summed E-state index contributed by atoms with van der Waals surface area (Å²) >= 11 is 11.6. The molecule has 1 aliphatic heterocycles. The number of amides is 1. The van der Waals surface area contributed by atoms with Gasteiger partial charge in [0.1, 0.15) is 11.6 Å². The molecule has 6 N–H and O–H groups in total. The van der Waals surface area contributed by atoms with Crippen LogP contribution in [0, 0.1) is 11.7 Å². The fourth-order valence-electron chi connectivity index (χ4n) is 3.81. The molecule has 6 nitrogen and oxygen atoms in total. The van der Waals surface area contributed by atoms with Crippen molar-refractivity contribution in [1.29, 1.82) is 0 Å². The zero-order valence-corrected chi connectivity index (χ0v) is 18.8. The number of halogens is 4. The first kappa shape index (κ1) is 26.4. The minimum Gasteiger partial charge on any atom is -0.394 e. The summed E-state index contributed by atoms with van der Waals surface area (Å²) in [5.74, 6) is -3.41. The molecule has 1 saturated heterocycles. The van der Waals surface area contributed by atoms with Crippen LogP contribution in [0.5, 0.6) is 0 Å². The molecule has 0 saturated carbocycles. The minimum atomic E-state index is -1.51. The molecule has 0 spiro atoms. The maximum Gasteiger partial charge on any atom is 0.237 e. The first-order valence-corrected chi connectivity index (χ1v) is 10.9. The van der Waals surface area contributed by atoms with Gasteiger partial charge in [0.25, 0.3) is 0 Å². The Kier molecular flexibility index (Phi) is 9.82. The van der Waals surface area contributed by atoms with Gasteiger partial charge < -0.3 is 26.6 Å².